The van der Waals surface area contributed by atoms with Crippen LogP contribution in [0.1, 0.15) is 37.8 Å². The number of benzene rings is 2. The first-order valence-electron chi connectivity index (χ1n) is 12.2. The van der Waals surface area contributed by atoms with E-state index < -0.39 is 12.0 Å². The van der Waals surface area contributed by atoms with Crippen LogP contribution in [-0.2, 0) is 20.8 Å². The molecule has 0 unspecified atom stereocenters. The summed E-state index contributed by atoms with van der Waals surface area (Å²) in [5.41, 5.74) is 2.68. The minimum atomic E-state index is -0.981. The maximum absolute atomic E-state index is 12.6. The van der Waals surface area contributed by atoms with Crippen molar-refractivity contribution in [2.24, 2.45) is 5.92 Å². The molecule has 0 saturated carbocycles. The van der Waals surface area contributed by atoms with Crippen molar-refractivity contribution in [3.05, 3.63) is 53.6 Å². The number of anilines is 2. The van der Waals surface area contributed by atoms with Crippen LogP contribution >= 0.6 is 0 Å². The highest BCUT2D eigenvalue weighted by atomic mass is 16.5. The van der Waals surface area contributed by atoms with Gasteiger partial charge in [0.2, 0.25) is 11.8 Å². The molecule has 10 heteroatoms. The molecule has 4 amide bonds. The maximum atomic E-state index is 12.6. The number of para-hydroxylation sites is 1. The fourth-order valence-corrected chi connectivity index (χ4v) is 3.48. The molecule has 0 fully saturated rings. The highest BCUT2D eigenvalue weighted by Crippen LogP contribution is 2.26. The monoisotopic (exact) mass is 512 g/mol. The summed E-state index contributed by atoms with van der Waals surface area (Å²) in [6.45, 7) is 6.25. The number of carboxylic acid groups (broad SMARTS) is 1. The molecule has 2 rings (SSSR count). The third-order valence-electron chi connectivity index (χ3n) is 5.63. The molecule has 0 aliphatic carbocycles. The summed E-state index contributed by atoms with van der Waals surface area (Å²) in [5.74, 6) is -0.932. The number of amides is 4. The molecule has 10 nitrogen and oxygen atoms in total. The third kappa shape index (κ3) is 10.2. The van der Waals surface area contributed by atoms with Gasteiger partial charge in [0.15, 0.2) is 0 Å². The lowest BCUT2D eigenvalue weighted by Crippen LogP contribution is -2.42. The summed E-state index contributed by atoms with van der Waals surface area (Å²) in [5, 5.41) is 17.1. The van der Waals surface area contributed by atoms with Crippen LogP contribution in [0.3, 0.4) is 0 Å². The molecule has 4 N–H and O–H groups in total. The molecule has 0 aliphatic heterocycles. The number of ether oxygens (including phenoxy) is 1. The van der Waals surface area contributed by atoms with Crippen molar-refractivity contribution in [2.75, 3.05) is 37.4 Å². The molecule has 0 saturated heterocycles. The van der Waals surface area contributed by atoms with Crippen molar-refractivity contribution < 1.29 is 29.0 Å². The number of rotatable bonds is 13. The number of methoxy groups -OCH3 is 1. The Hall–Kier alpha value is -4.08. The Morgan fingerprint density at radius 1 is 1.00 bits per heavy atom. The Labute approximate surface area is 217 Å². The van der Waals surface area contributed by atoms with Crippen molar-refractivity contribution in [3.8, 4) is 5.75 Å². The van der Waals surface area contributed by atoms with Crippen molar-refractivity contribution in [2.45, 2.75) is 40.0 Å². The number of aliphatic carboxylic acids is 1. The van der Waals surface area contributed by atoms with E-state index in [-0.39, 0.29) is 37.7 Å². The summed E-state index contributed by atoms with van der Waals surface area (Å²) in [6, 6.07) is 12.0. The van der Waals surface area contributed by atoms with E-state index in [4.69, 9.17) is 9.84 Å². The van der Waals surface area contributed by atoms with Crippen LogP contribution in [0.2, 0.25) is 0 Å². The van der Waals surface area contributed by atoms with Crippen molar-refractivity contribution in [3.63, 3.8) is 0 Å². The number of aryl methyl sites for hydroxylation is 1. The zero-order valence-electron chi connectivity index (χ0n) is 21.8. The van der Waals surface area contributed by atoms with Gasteiger partial charge in [-0.1, -0.05) is 38.1 Å². The predicted octanol–water partition coefficient (Wildman–Crippen LogP) is 3.66. The van der Waals surface area contributed by atoms with Gasteiger partial charge in [-0.2, -0.15) is 0 Å². The van der Waals surface area contributed by atoms with Crippen LogP contribution in [0, 0.1) is 12.8 Å². The van der Waals surface area contributed by atoms with Crippen molar-refractivity contribution in [1.29, 1.82) is 0 Å². The summed E-state index contributed by atoms with van der Waals surface area (Å²) in [4.78, 5) is 49.9. The van der Waals surface area contributed by atoms with Gasteiger partial charge in [-0.3, -0.25) is 14.4 Å². The highest BCUT2D eigenvalue weighted by Gasteiger charge is 2.17. The van der Waals surface area contributed by atoms with Crippen LogP contribution in [0.25, 0.3) is 0 Å². The minimum Gasteiger partial charge on any atom is -0.495 e. The second-order valence-corrected chi connectivity index (χ2v) is 9.09. The van der Waals surface area contributed by atoms with E-state index in [1.807, 2.05) is 39.0 Å². The number of urea groups is 1. The maximum Gasteiger partial charge on any atom is 0.323 e. The van der Waals surface area contributed by atoms with Crippen molar-refractivity contribution >= 4 is 35.2 Å². The van der Waals surface area contributed by atoms with Gasteiger partial charge in [-0.25, -0.2) is 4.79 Å². The van der Waals surface area contributed by atoms with E-state index in [1.165, 1.54) is 12.0 Å². The van der Waals surface area contributed by atoms with Crippen LogP contribution in [0.5, 0.6) is 5.75 Å². The quantitative estimate of drug-likeness (QED) is 0.323. The minimum absolute atomic E-state index is 0.000443. The summed E-state index contributed by atoms with van der Waals surface area (Å²) in [7, 11) is 1.46. The normalized spacial score (nSPS) is 10.5. The molecule has 37 heavy (non-hydrogen) atoms. The summed E-state index contributed by atoms with van der Waals surface area (Å²) in [6.07, 6.45) is 0.587. The lowest BCUT2D eigenvalue weighted by Gasteiger charge is -2.23. The predicted molar refractivity (Wildman–Crippen MR) is 142 cm³/mol. The smallest absolute Gasteiger partial charge is 0.323 e. The van der Waals surface area contributed by atoms with Crippen molar-refractivity contribution in [1.82, 2.24) is 10.2 Å². The number of carboxylic acids is 1. The van der Waals surface area contributed by atoms with E-state index in [0.717, 1.165) is 12.0 Å². The molecule has 0 aliphatic rings. The number of hydrogen-bond acceptors (Lipinski definition) is 5. The van der Waals surface area contributed by atoms with Gasteiger partial charge < -0.3 is 30.7 Å². The Balaban J connectivity index is 1.93. The Bertz CT molecular complexity index is 1100. The fourth-order valence-electron chi connectivity index (χ4n) is 3.48. The van der Waals surface area contributed by atoms with Crippen LogP contribution in [0.15, 0.2) is 42.5 Å². The Morgan fingerprint density at radius 3 is 2.35 bits per heavy atom. The van der Waals surface area contributed by atoms with E-state index in [9.17, 15) is 19.2 Å². The van der Waals surface area contributed by atoms with Crippen LogP contribution in [0.4, 0.5) is 16.2 Å². The second-order valence-electron chi connectivity index (χ2n) is 9.09. The third-order valence-corrected chi connectivity index (χ3v) is 5.63. The molecule has 0 bridgehead atoms. The van der Waals surface area contributed by atoms with Gasteiger partial charge in [-0.05, 0) is 48.6 Å². The molecule has 0 radical (unpaired) electrons. The average molecular weight is 513 g/mol. The van der Waals surface area contributed by atoms with Gasteiger partial charge in [-0.15, -0.1) is 0 Å². The SMILES string of the molecule is COc1cc(CC(=O)NCC(=O)N(CCC(=O)O)CCC(C)C)ccc1NC(=O)Nc1ccccc1C. The van der Waals surface area contributed by atoms with Crippen LogP contribution < -0.4 is 20.7 Å². The first kappa shape index (κ1) is 29.2. The molecule has 0 spiro atoms. The van der Waals surface area contributed by atoms with E-state index in [0.29, 0.717) is 35.2 Å². The highest BCUT2D eigenvalue weighted by molar-refractivity contribution is 6.01. The molecular formula is C27H36N4O6. The number of carbonyl (C=O) groups is 4. The van der Waals surface area contributed by atoms with Gasteiger partial charge in [0.1, 0.15) is 5.75 Å². The molecule has 0 aromatic heterocycles. The standard InChI is InChI=1S/C27H36N4O6/c1-18(2)11-13-31(14-12-26(34)35)25(33)17-28-24(32)16-20-9-10-22(23(15-20)37-4)30-27(36)29-21-8-6-5-7-19(21)3/h5-10,15,18H,11-14,16-17H2,1-4H3,(H,28,32)(H,34,35)(H2,29,30,36). The largest absolute Gasteiger partial charge is 0.495 e. The van der Waals surface area contributed by atoms with Crippen LogP contribution in [-0.4, -0.2) is 60.6 Å². The number of nitrogens with zero attached hydrogens (tertiary/aromatic N) is 1. The van der Waals surface area contributed by atoms with Gasteiger partial charge >= 0.3 is 12.0 Å². The lowest BCUT2D eigenvalue weighted by atomic mass is 10.1. The van der Waals surface area contributed by atoms with E-state index in [1.54, 1.807) is 24.3 Å². The van der Waals surface area contributed by atoms with E-state index in [2.05, 4.69) is 16.0 Å². The molecule has 2 aromatic rings. The topological polar surface area (TPSA) is 137 Å². The van der Waals surface area contributed by atoms with Gasteiger partial charge in [0.05, 0.1) is 32.2 Å². The summed E-state index contributed by atoms with van der Waals surface area (Å²) >= 11 is 0. The molecule has 0 heterocycles. The first-order chi connectivity index (χ1) is 17.6. The van der Waals surface area contributed by atoms with Gasteiger partial charge in [0.25, 0.3) is 0 Å². The number of hydrogen-bond donors (Lipinski definition) is 4. The number of nitrogens with one attached hydrogen (secondary N) is 3. The van der Waals surface area contributed by atoms with E-state index >= 15 is 0 Å². The molecular weight excluding hydrogens is 476 g/mol. The average Bonchev–Trinajstić information content (AvgIpc) is 2.84. The zero-order valence-corrected chi connectivity index (χ0v) is 21.8. The van der Waals surface area contributed by atoms with Gasteiger partial charge in [0, 0.05) is 18.8 Å². The second kappa shape index (κ2) is 14.5. The molecule has 200 valence electrons. The zero-order chi connectivity index (χ0) is 27.4. The molecule has 2 aromatic carbocycles. The first-order valence-corrected chi connectivity index (χ1v) is 12.2. The Kier molecular flexibility index (Phi) is 11.4. The fraction of sp³-hybridized carbons (Fsp3) is 0.407. The summed E-state index contributed by atoms with van der Waals surface area (Å²) < 4.78 is 5.38. The molecule has 0 atom stereocenters. The Morgan fingerprint density at radius 2 is 1.70 bits per heavy atom. The lowest BCUT2D eigenvalue weighted by molar-refractivity contribution is -0.139. The number of carbonyl (C=O) groups excluding carboxylic acids is 3.